The SMILES string of the molecule is COC(=O)OC1CCCN1C(=O)Cc1c(Cl)cccc1Cl. The Morgan fingerprint density at radius 3 is 2.62 bits per heavy atom. The molecule has 0 radical (unpaired) electrons. The second-order valence-corrected chi connectivity index (χ2v) is 5.45. The Hall–Kier alpha value is -1.46. The third-order valence-corrected chi connectivity index (χ3v) is 4.01. The number of benzene rings is 1. The van der Waals surface area contributed by atoms with E-state index in [1.54, 1.807) is 18.2 Å². The monoisotopic (exact) mass is 331 g/mol. The molecule has 1 aromatic rings. The first-order valence-corrected chi connectivity index (χ1v) is 7.25. The van der Waals surface area contributed by atoms with Crippen LogP contribution in [0.3, 0.4) is 0 Å². The molecule has 2 rings (SSSR count). The van der Waals surface area contributed by atoms with Crippen LogP contribution in [0.15, 0.2) is 18.2 Å². The van der Waals surface area contributed by atoms with Gasteiger partial charge in [0.15, 0.2) is 6.23 Å². The van der Waals surface area contributed by atoms with Crippen molar-refractivity contribution in [2.75, 3.05) is 13.7 Å². The van der Waals surface area contributed by atoms with E-state index in [1.807, 2.05) is 0 Å². The molecular weight excluding hydrogens is 317 g/mol. The summed E-state index contributed by atoms with van der Waals surface area (Å²) in [7, 11) is 1.23. The van der Waals surface area contributed by atoms with Crippen LogP contribution >= 0.6 is 23.2 Å². The van der Waals surface area contributed by atoms with Crippen molar-refractivity contribution in [1.29, 1.82) is 0 Å². The predicted octanol–water partition coefficient (Wildman–Crippen LogP) is 3.27. The highest BCUT2D eigenvalue weighted by Crippen LogP contribution is 2.27. The van der Waals surface area contributed by atoms with Gasteiger partial charge >= 0.3 is 6.16 Å². The predicted molar refractivity (Wildman–Crippen MR) is 78.4 cm³/mol. The van der Waals surface area contributed by atoms with Crippen LogP contribution in [-0.4, -0.2) is 36.8 Å². The number of rotatable bonds is 3. The third kappa shape index (κ3) is 3.80. The summed E-state index contributed by atoms with van der Waals surface area (Å²) in [6.07, 6.45) is 0.0435. The molecule has 7 heteroatoms. The molecule has 21 heavy (non-hydrogen) atoms. The normalized spacial score (nSPS) is 17.7. The number of hydrogen-bond acceptors (Lipinski definition) is 4. The van der Waals surface area contributed by atoms with E-state index in [1.165, 1.54) is 12.0 Å². The number of carbonyl (C=O) groups excluding carboxylic acids is 2. The maximum atomic E-state index is 12.4. The van der Waals surface area contributed by atoms with Crippen LogP contribution < -0.4 is 0 Å². The van der Waals surface area contributed by atoms with E-state index in [4.69, 9.17) is 27.9 Å². The summed E-state index contributed by atoms with van der Waals surface area (Å²) >= 11 is 12.1. The van der Waals surface area contributed by atoms with E-state index in [9.17, 15) is 9.59 Å². The van der Waals surface area contributed by atoms with E-state index >= 15 is 0 Å². The molecule has 1 aromatic carbocycles. The Labute approximate surface area is 132 Å². The van der Waals surface area contributed by atoms with Crippen molar-refractivity contribution in [3.8, 4) is 0 Å². The summed E-state index contributed by atoms with van der Waals surface area (Å²) in [5, 5.41) is 0.890. The summed E-state index contributed by atoms with van der Waals surface area (Å²) < 4.78 is 9.53. The van der Waals surface area contributed by atoms with Crippen LogP contribution in [0.1, 0.15) is 18.4 Å². The maximum Gasteiger partial charge on any atom is 0.509 e. The first-order valence-electron chi connectivity index (χ1n) is 6.50. The fourth-order valence-electron chi connectivity index (χ4n) is 2.26. The fraction of sp³-hybridized carbons (Fsp3) is 0.429. The molecule has 1 saturated heterocycles. The Morgan fingerprint density at radius 2 is 2.00 bits per heavy atom. The van der Waals surface area contributed by atoms with Gasteiger partial charge in [-0.15, -0.1) is 0 Å². The van der Waals surface area contributed by atoms with Crippen molar-refractivity contribution < 1.29 is 19.1 Å². The molecule has 5 nitrogen and oxygen atoms in total. The van der Waals surface area contributed by atoms with E-state index < -0.39 is 12.4 Å². The van der Waals surface area contributed by atoms with Crippen LogP contribution in [0.5, 0.6) is 0 Å². The van der Waals surface area contributed by atoms with E-state index in [2.05, 4.69) is 4.74 Å². The number of halogens is 2. The average Bonchev–Trinajstić information content (AvgIpc) is 2.91. The van der Waals surface area contributed by atoms with E-state index in [0.29, 0.717) is 28.6 Å². The van der Waals surface area contributed by atoms with Gasteiger partial charge < -0.3 is 14.4 Å². The van der Waals surface area contributed by atoms with Crippen molar-refractivity contribution in [1.82, 2.24) is 4.90 Å². The lowest BCUT2D eigenvalue weighted by molar-refractivity contribution is -0.138. The molecule has 1 unspecified atom stereocenters. The van der Waals surface area contributed by atoms with Crippen LogP contribution in [0, 0.1) is 0 Å². The van der Waals surface area contributed by atoms with Crippen molar-refractivity contribution in [3.63, 3.8) is 0 Å². The Balaban J connectivity index is 2.07. The highest BCUT2D eigenvalue weighted by molar-refractivity contribution is 6.36. The summed E-state index contributed by atoms with van der Waals surface area (Å²) in [6.45, 7) is 0.530. The molecule has 0 aromatic heterocycles. The first kappa shape index (κ1) is 15.9. The van der Waals surface area contributed by atoms with E-state index in [0.717, 1.165) is 6.42 Å². The Kier molecular flexibility index (Phi) is 5.31. The maximum absolute atomic E-state index is 12.4. The summed E-state index contributed by atoms with van der Waals surface area (Å²) in [5.41, 5.74) is 0.578. The van der Waals surface area contributed by atoms with Crippen molar-refractivity contribution >= 4 is 35.3 Å². The van der Waals surface area contributed by atoms with Gasteiger partial charge in [0.1, 0.15) is 0 Å². The Bertz CT molecular complexity index is 530. The van der Waals surface area contributed by atoms with Gasteiger partial charge in [0.2, 0.25) is 5.91 Å². The summed E-state index contributed by atoms with van der Waals surface area (Å²) in [5.74, 6) is -0.184. The second-order valence-electron chi connectivity index (χ2n) is 4.63. The van der Waals surface area contributed by atoms with Crippen molar-refractivity contribution in [3.05, 3.63) is 33.8 Å². The highest BCUT2D eigenvalue weighted by atomic mass is 35.5. The molecule has 114 valence electrons. The van der Waals surface area contributed by atoms with Gasteiger partial charge in [0.25, 0.3) is 0 Å². The third-order valence-electron chi connectivity index (χ3n) is 3.31. The van der Waals surface area contributed by atoms with Crippen LogP contribution in [0.25, 0.3) is 0 Å². The number of ether oxygens (including phenoxy) is 2. The molecule has 0 spiro atoms. The van der Waals surface area contributed by atoms with Gasteiger partial charge in [-0.1, -0.05) is 29.3 Å². The number of amides is 1. The number of carbonyl (C=O) groups is 2. The minimum absolute atomic E-state index is 0.0690. The highest BCUT2D eigenvalue weighted by Gasteiger charge is 2.32. The van der Waals surface area contributed by atoms with Crippen molar-refractivity contribution in [2.45, 2.75) is 25.5 Å². The number of hydrogen-bond donors (Lipinski definition) is 0. The van der Waals surface area contributed by atoms with Crippen LogP contribution in [0.2, 0.25) is 10.0 Å². The first-order chi connectivity index (χ1) is 10.0. The average molecular weight is 332 g/mol. The van der Waals surface area contributed by atoms with Gasteiger partial charge in [-0.25, -0.2) is 4.79 Å². The van der Waals surface area contributed by atoms with Crippen molar-refractivity contribution in [2.24, 2.45) is 0 Å². The zero-order valence-electron chi connectivity index (χ0n) is 11.5. The molecular formula is C14H15Cl2NO4. The molecule has 0 aliphatic carbocycles. The Morgan fingerprint density at radius 1 is 1.33 bits per heavy atom. The topological polar surface area (TPSA) is 55.8 Å². The molecule has 1 fully saturated rings. The molecule has 1 amide bonds. The molecule has 0 N–H and O–H groups in total. The quantitative estimate of drug-likeness (QED) is 0.797. The molecule has 1 atom stereocenters. The summed E-state index contributed by atoms with van der Waals surface area (Å²) in [4.78, 5) is 25.1. The number of nitrogens with zero attached hydrogens (tertiary/aromatic N) is 1. The number of methoxy groups -OCH3 is 1. The lowest BCUT2D eigenvalue weighted by Gasteiger charge is -2.24. The van der Waals surface area contributed by atoms with Gasteiger partial charge in [0, 0.05) is 23.0 Å². The van der Waals surface area contributed by atoms with Gasteiger partial charge in [-0.3, -0.25) is 4.79 Å². The second kappa shape index (κ2) is 7.00. The largest absolute Gasteiger partial charge is 0.509 e. The van der Waals surface area contributed by atoms with Gasteiger partial charge in [-0.2, -0.15) is 0 Å². The zero-order chi connectivity index (χ0) is 15.4. The standard InChI is InChI=1S/C14H15Cl2NO4/c1-20-14(19)21-13-6-3-7-17(13)12(18)8-9-10(15)4-2-5-11(9)16/h2,4-5,13H,3,6-8H2,1H3. The molecule has 1 aliphatic heterocycles. The summed E-state index contributed by atoms with van der Waals surface area (Å²) in [6, 6.07) is 5.09. The zero-order valence-corrected chi connectivity index (χ0v) is 13.0. The van der Waals surface area contributed by atoms with Gasteiger partial charge in [0.05, 0.1) is 13.5 Å². The lowest BCUT2D eigenvalue weighted by Crippen LogP contribution is -2.39. The smallest absolute Gasteiger partial charge is 0.438 e. The number of likely N-dealkylation sites (tertiary alicyclic amines) is 1. The van der Waals surface area contributed by atoms with E-state index in [-0.39, 0.29) is 12.3 Å². The molecule has 1 aliphatic rings. The van der Waals surface area contributed by atoms with Gasteiger partial charge in [-0.05, 0) is 24.1 Å². The molecule has 1 heterocycles. The van der Waals surface area contributed by atoms with Crippen LogP contribution in [0.4, 0.5) is 4.79 Å². The molecule has 0 saturated carbocycles. The lowest BCUT2D eigenvalue weighted by atomic mass is 10.1. The fourth-order valence-corrected chi connectivity index (χ4v) is 2.79. The minimum atomic E-state index is -0.796. The molecule has 0 bridgehead atoms. The van der Waals surface area contributed by atoms with Crippen LogP contribution in [-0.2, 0) is 20.7 Å². The minimum Gasteiger partial charge on any atom is -0.438 e.